The molecule has 4 rings (SSSR count). The summed E-state index contributed by atoms with van der Waals surface area (Å²) in [4.78, 5) is 0. The number of halogens is 2. The van der Waals surface area contributed by atoms with E-state index in [9.17, 15) is 0 Å². The van der Waals surface area contributed by atoms with Crippen molar-refractivity contribution in [2.75, 3.05) is 14.2 Å². The SMILES string of the molecule is CC1=[C-]C(C)C(C)=C1C.COc1cccc(OC)c1-c1c[cH-]c2ccccc12.C[Si](C)=[Zr+2].[Cl-].[Cl-]. The summed E-state index contributed by atoms with van der Waals surface area (Å²) in [6.07, 6.45) is 3.36. The zero-order chi connectivity index (χ0) is 23.8. The number of benzene rings is 2. The molecule has 0 spiro atoms. The summed E-state index contributed by atoms with van der Waals surface area (Å²) in [6.45, 7) is 13.3. The minimum absolute atomic E-state index is 0. The Hall–Kier alpha value is -1.19. The maximum Gasteiger partial charge on any atom is -1.00 e. The van der Waals surface area contributed by atoms with Gasteiger partial charge in [-0.2, -0.15) is 11.1 Å². The molecule has 3 aromatic rings. The smallest absolute Gasteiger partial charge is 1.00 e. The van der Waals surface area contributed by atoms with Gasteiger partial charge in [0.25, 0.3) is 0 Å². The van der Waals surface area contributed by atoms with Crippen LogP contribution in [0.1, 0.15) is 27.7 Å². The molecule has 0 amide bonds. The van der Waals surface area contributed by atoms with Gasteiger partial charge < -0.3 is 34.3 Å². The maximum atomic E-state index is 5.48. The number of ether oxygens (including phenoxy) is 2. The molecule has 1 aliphatic carbocycles. The molecule has 0 saturated heterocycles. The van der Waals surface area contributed by atoms with Crippen molar-refractivity contribution in [3.63, 3.8) is 0 Å². The van der Waals surface area contributed by atoms with Crippen molar-refractivity contribution in [1.29, 1.82) is 0 Å². The second kappa shape index (κ2) is 15.7. The van der Waals surface area contributed by atoms with E-state index in [1.807, 2.05) is 30.3 Å². The molecule has 1 aliphatic rings. The van der Waals surface area contributed by atoms with Crippen LogP contribution in [0.2, 0.25) is 13.1 Å². The summed E-state index contributed by atoms with van der Waals surface area (Å²) in [6, 6.07) is 18.4. The first-order valence-electron chi connectivity index (χ1n) is 10.9. The zero-order valence-corrected chi connectivity index (χ0v) is 26.3. The largest absolute Gasteiger partial charge is 1.00 e. The van der Waals surface area contributed by atoms with Gasteiger partial charge in [-0.1, -0.05) is 38.8 Å². The van der Waals surface area contributed by atoms with Gasteiger partial charge in [0, 0.05) is 5.56 Å². The first kappa shape index (κ1) is 32.8. The fourth-order valence-corrected chi connectivity index (χ4v) is 3.65. The monoisotopic (exact) mass is 590 g/mol. The van der Waals surface area contributed by atoms with E-state index >= 15 is 0 Å². The van der Waals surface area contributed by atoms with Crippen LogP contribution in [-0.4, -0.2) is 19.7 Å². The summed E-state index contributed by atoms with van der Waals surface area (Å²) in [5.41, 5.74) is 6.61. The Balaban J connectivity index is 0.000000614. The van der Waals surface area contributed by atoms with E-state index < -0.39 is 0 Å². The first-order chi connectivity index (χ1) is 15.2. The summed E-state index contributed by atoms with van der Waals surface area (Å²) in [7, 11) is 3.37. The van der Waals surface area contributed by atoms with Gasteiger partial charge in [0.05, 0.1) is 14.2 Å². The molecule has 1 unspecified atom stereocenters. The number of allylic oxidation sites excluding steroid dienone is 4. The minimum atomic E-state index is 0. The quantitative estimate of drug-likeness (QED) is 0.341. The van der Waals surface area contributed by atoms with Crippen molar-refractivity contribution in [3.05, 3.63) is 77.4 Å². The van der Waals surface area contributed by atoms with Crippen molar-refractivity contribution in [1.82, 2.24) is 0 Å². The van der Waals surface area contributed by atoms with Crippen LogP contribution in [-0.2, 0) is 23.3 Å². The van der Waals surface area contributed by atoms with E-state index in [0.29, 0.717) is 5.92 Å². The third kappa shape index (κ3) is 8.48. The van der Waals surface area contributed by atoms with Crippen LogP contribution in [0.15, 0.2) is 71.3 Å². The Morgan fingerprint density at radius 1 is 0.912 bits per heavy atom. The molecule has 2 nitrogen and oxygen atoms in total. The third-order valence-corrected chi connectivity index (χ3v) is 5.61. The molecule has 3 aromatic carbocycles. The Bertz CT molecular complexity index is 1120. The molecular weight excluding hydrogens is 559 g/mol. The molecule has 182 valence electrons. The van der Waals surface area contributed by atoms with E-state index in [-0.39, 0.29) is 30.2 Å². The van der Waals surface area contributed by atoms with E-state index in [1.54, 1.807) is 37.6 Å². The molecule has 0 radical (unpaired) electrons. The zero-order valence-electron chi connectivity index (χ0n) is 21.3. The number of methoxy groups -OCH3 is 2. The normalized spacial score (nSPS) is 13.9. The molecule has 34 heavy (non-hydrogen) atoms. The van der Waals surface area contributed by atoms with E-state index in [4.69, 9.17) is 9.47 Å². The molecule has 0 aromatic heterocycles. The predicted molar refractivity (Wildman–Crippen MR) is 136 cm³/mol. The summed E-state index contributed by atoms with van der Waals surface area (Å²) >= 11 is 1.74. The van der Waals surface area contributed by atoms with Crippen molar-refractivity contribution < 1.29 is 57.6 Å². The minimum Gasteiger partial charge on any atom is -1.00 e. The Morgan fingerprint density at radius 2 is 1.44 bits per heavy atom. The fourth-order valence-electron chi connectivity index (χ4n) is 3.65. The average molecular weight is 593 g/mol. The molecule has 0 heterocycles. The Morgan fingerprint density at radius 3 is 1.85 bits per heavy atom. The van der Waals surface area contributed by atoms with Gasteiger partial charge in [-0.05, 0) is 12.1 Å². The first-order valence-corrected chi connectivity index (χ1v) is 17.0. The topological polar surface area (TPSA) is 18.5 Å². The van der Waals surface area contributed by atoms with Gasteiger partial charge in [0.1, 0.15) is 11.5 Å². The van der Waals surface area contributed by atoms with Gasteiger partial charge >= 0.3 is 41.9 Å². The molecule has 0 N–H and O–H groups in total. The van der Waals surface area contributed by atoms with E-state index in [0.717, 1.165) is 22.6 Å². The Labute approximate surface area is 233 Å². The third-order valence-electron chi connectivity index (χ3n) is 5.61. The average Bonchev–Trinajstić information content (AvgIpc) is 3.29. The fraction of sp³-hybridized carbons (Fsp3) is 0.321. The van der Waals surface area contributed by atoms with Crippen LogP contribution < -0.4 is 34.3 Å². The van der Waals surface area contributed by atoms with Gasteiger partial charge in [-0.15, -0.1) is 53.6 Å². The molecule has 1 atom stereocenters. The number of hydrogen-bond donors (Lipinski definition) is 0. The van der Waals surface area contributed by atoms with Crippen LogP contribution in [0.5, 0.6) is 11.5 Å². The van der Waals surface area contributed by atoms with Crippen molar-refractivity contribution in [2.45, 2.75) is 40.8 Å². The maximum absolute atomic E-state index is 5.48. The Kier molecular flexibility index (Phi) is 15.2. The van der Waals surface area contributed by atoms with Gasteiger partial charge in [-0.25, -0.2) is 5.57 Å². The summed E-state index contributed by atoms with van der Waals surface area (Å²) < 4.78 is 11.0. The molecule has 0 saturated carbocycles. The number of hydrogen-bond acceptors (Lipinski definition) is 2. The second-order valence-corrected chi connectivity index (χ2v) is 17.5. The van der Waals surface area contributed by atoms with Crippen molar-refractivity contribution in [3.8, 4) is 22.6 Å². The second-order valence-electron chi connectivity index (χ2n) is 8.17. The van der Waals surface area contributed by atoms with Crippen LogP contribution in [0.4, 0.5) is 0 Å². The standard InChI is InChI=1S/C17H15O2.C9H13.C2H6Si.2ClH.Zr/c1-18-15-8-5-9-16(19-2)17(15)14-11-10-12-6-3-4-7-13(12)14;1-6-5-7(2)9(4)8(6)3;1-3-2;;;/h3-11H,1-2H3;6H,1-4H3;1-2H3;2*1H;/q2*-1;;;;+2/p-2. The molecule has 0 bridgehead atoms. The van der Waals surface area contributed by atoms with Crippen molar-refractivity contribution in [2.24, 2.45) is 5.92 Å². The molecule has 0 aliphatic heterocycles. The molecule has 0 fully saturated rings. The van der Waals surface area contributed by atoms with E-state index in [2.05, 4.69) is 71.1 Å². The number of fused-ring (bicyclic) bond motifs is 1. The van der Waals surface area contributed by atoms with Crippen molar-refractivity contribution >= 4 is 16.2 Å². The van der Waals surface area contributed by atoms with Crippen LogP contribution in [0, 0.1) is 12.0 Å². The van der Waals surface area contributed by atoms with Gasteiger partial charge in [-0.3, -0.25) is 6.08 Å². The van der Waals surface area contributed by atoms with Crippen LogP contribution >= 0.6 is 0 Å². The van der Waals surface area contributed by atoms with Crippen LogP contribution in [0.25, 0.3) is 21.9 Å². The predicted octanol–water partition coefficient (Wildman–Crippen LogP) is 1.76. The summed E-state index contributed by atoms with van der Waals surface area (Å²) in [5.74, 6) is 2.22. The number of rotatable bonds is 3. The molecule has 6 heteroatoms. The molecular formula is C28H34Cl2O2SiZr-2. The summed E-state index contributed by atoms with van der Waals surface area (Å²) in [5, 5.41) is 2.44. The van der Waals surface area contributed by atoms with Crippen LogP contribution in [0.3, 0.4) is 0 Å². The van der Waals surface area contributed by atoms with Gasteiger partial charge in [0.15, 0.2) is 0 Å². The van der Waals surface area contributed by atoms with E-state index in [1.165, 1.54) is 27.5 Å². The van der Waals surface area contributed by atoms with Gasteiger partial charge in [0.2, 0.25) is 0 Å².